The van der Waals surface area contributed by atoms with Crippen LogP contribution in [0.25, 0.3) is 0 Å². The van der Waals surface area contributed by atoms with E-state index in [1.807, 2.05) is 4.90 Å². The molecule has 322 valence electrons. The maximum absolute atomic E-state index is 15.3. The summed E-state index contributed by atoms with van der Waals surface area (Å²) in [5.41, 5.74) is 0.854. The molecular formula is C46H66Cl2N2O8. The van der Waals surface area contributed by atoms with Crippen molar-refractivity contribution in [3.05, 3.63) is 39.9 Å². The van der Waals surface area contributed by atoms with Crippen LogP contribution in [0, 0.1) is 50.2 Å². The highest BCUT2D eigenvalue weighted by atomic mass is 35.5. The molecule has 4 unspecified atom stereocenters. The van der Waals surface area contributed by atoms with Gasteiger partial charge in [-0.05, 0) is 115 Å². The standard InChI is InChI=1S/C46H66Cl2N2O8/c1-41(2)13-9-14-44(5)32(41)12-15-46(7)38(44)30(52)22-26-27-23-43(4,17-16-42(27,3)18-19-45(26,46)6)40(56)50-21-20-49(34-28(47)10-8-11-29(34)48)24-33(50)58-39-37(55)36(54)35(53)31(25-51)57-39/h8,10-11,22,27,31-33,35-39,51,53-55H,9,12-21,23-25H2,1-7H3/t27-,31-,32?,33?,35-,36-,37-,38?,39+,42-,43?,44+,45-,46-/m1/s1. The van der Waals surface area contributed by atoms with E-state index >= 15 is 4.79 Å². The molecule has 0 aromatic heterocycles. The quantitative estimate of drug-likeness (QED) is 0.243. The smallest absolute Gasteiger partial charge is 0.230 e. The van der Waals surface area contributed by atoms with E-state index < -0.39 is 49.0 Å². The van der Waals surface area contributed by atoms with E-state index in [1.54, 1.807) is 23.1 Å². The molecule has 6 fully saturated rings. The van der Waals surface area contributed by atoms with E-state index in [9.17, 15) is 25.2 Å². The number of fused-ring (bicyclic) bond motifs is 7. The maximum Gasteiger partial charge on any atom is 0.230 e. The van der Waals surface area contributed by atoms with Gasteiger partial charge >= 0.3 is 0 Å². The lowest BCUT2D eigenvalue weighted by atomic mass is 9.33. The van der Waals surface area contributed by atoms with Crippen LogP contribution in [-0.2, 0) is 19.1 Å². The Morgan fingerprint density at radius 1 is 0.897 bits per heavy atom. The third-order valence-corrected chi connectivity index (χ3v) is 18.4. The van der Waals surface area contributed by atoms with Gasteiger partial charge in [-0.1, -0.05) is 89.7 Å². The Morgan fingerprint density at radius 3 is 2.28 bits per heavy atom. The second-order valence-corrected chi connectivity index (χ2v) is 22.2. The molecule has 2 saturated heterocycles. The van der Waals surface area contributed by atoms with Crippen molar-refractivity contribution in [1.82, 2.24) is 4.90 Å². The van der Waals surface area contributed by atoms with Crippen LogP contribution in [-0.4, -0.2) is 100 Å². The largest absolute Gasteiger partial charge is 0.394 e. The number of ketones is 1. The minimum absolute atomic E-state index is 0.0173. The molecule has 7 aliphatic rings. The molecule has 10 nitrogen and oxygen atoms in total. The highest BCUT2D eigenvalue weighted by molar-refractivity contribution is 6.39. The first kappa shape index (κ1) is 42.9. The Bertz CT molecular complexity index is 1820. The van der Waals surface area contributed by atoms with Gasteiger partial charge < -0.3 is 39.7 Å². The second-order valence-electron chi connectivity index (χ2n) is 21.4. The number of nitrogens with zero attached hydrogens (tertiary/aromatic N) is 2. The molecule has 14 atom stereocenters. The van der Waals surface area contributed by atoms with Crippen LogP contribution in [0.2, 0.25) is 10.0 Å². The van der Waals surface area contributed by atoms with E-state index in [4.69, 9.17) is 32.7 Å². The lowest BCUT2D eigenvalue weighted by Gasteiger charge is -2.70. The van der Waals surface area contributed by atoms with Gasteiger partial charge in [0.1, 0.15) is 24.4 Å². The van der Waals surface area contributed by atoms with Crippen LogP contribution in [0.15, 0.2) is 29.8 Å². The first-order valence-corrected chi connectivity index (χ1v) is 22.6. The first-order chi connectivity index (χ1) is 27.1. The number of amides is 1. The zero-order valence-corrected chi connectivity index (χ0v) is 37.0. The van der Waals surface area contributed by atoms with Gasteiger partial charge in [0.05, 0.1) is 28.9 Å². The number of para-hydroxylation sites is 1. The molecule has 2 heterocycles. The fraction of sp³-hybridized carbons (Fsp3) is 0.783. The minimum atomic E-state index is -1.64. The van der Waals surface area contributed by atoms with Gasteiger partial charge in [-0.25, -0.2) is 0 Å². The maximum atomic E-state index is 15.3. The fourth-order valence-electron chi connectivity index (χ4n) is 14.2. The van der Waals surface area contributed by atoms with Crippen molar-refractivity contribution in [1.29, 1.82) is 0 Å². The van der Waals surface area contributed by atoms with Crippen LogP contribution < -0.4 is 4.90 Å². The molecule has 1 aromatic carbocycles. The molecule has 0 bridgehead atoms. The minimum Gasteiger partial charge on any atom is -0.394 e. The van der Waals surface area contributed by atoms with Gasteiger partial charge in [-0.3, -0.25) is 9.59 Å². The zero-order valence-electron chi connectivity index (χ0n) is 35.5. The van der Waals surface area contributed by atoms with Crippen molar-refractivity contribution >= 4 is 40.6 Å². The number of hydrogen-bond acceptors (Lipinski definition) is 9. The SMILES string of the molecule is CC1(C(=O)N2CCN(c3c(Cl)cccc3Cl)CC2O[C@@H]2O[C@H](CO)[C@@H](O)[C@@H](O)[C@H]2O)CC[C@]2(C)CC[C@]3(C)C(=CC(=O)C4[C@@]5(C)CCCC(C)(C)C5CC[C@]43C)[C@H]2C1. The van der Waals surface area contributed by atoms with Crippen molar-refractivity contribution in [2.24, 2.45) is 50.2 Å². The predicted octanol–water partition coefficient (Wildman–Crippen LogP) is 7.16. The number of aliphatic hydroxyl groups excluding tert-OH is 4. The van der Waals surface area contributed by atoms with Crippen LogP contribution in [0.4, 0.5) is 5.69 Å². The summed E-state index contributed by atoms with van der Waals surface area (Å²) < 4.78 is 12.3. The van der Waals surface area contributed by atoms with E-state index in [2.05, 4.69) is 54.5 Å². The monoisotopic (exact) mass is 844 g/mol. The van der Waals surface area contributed by atoms with E-state index in [1.165, 1.54) is 12.0 Å². The number of allylic oxidation sites excluding steroid dienone is 2. The van der Waals surface area contributed by atoms with Crippen LogP contribution in [0.5, 0.6) is 0 Å². The van der Waals surface area contributed by atoms with Crippen molar-refractivity contribution < 1.29 is 39.5 Å². The summed E-state index contributed by atoms with van der Waals surface area (Å²) >= 11 is 13.3. The number of halogens is 2. The predicted molar refractivity (Wildman–Crippen MR) is 223 cm³/mol. The number of carbonyl (C=O) groups excluding carboxylic acids is 2. The molecular weight excluding hydrogens is 779 g/mol. The number of carbonyl (C=O) groups is 2. The molecule has 58 heavy (non-hydrogen) atoms. The summed E-state index contributed by atoms with van der Waals surface area (Å²) in [5, 5.41) is 43.0. The number of rotatable bonds is 5. The number of ether oxygens (including phenoxy) is 2. The molecule has 0 spiro atoms. The van der Waals surface area contributed by atoms with Crippen LogP contribution in [0.3, 0.4) is 0 Å². The number of hydrogen-bond donors (Lipinski definition) is 4. The third kappa shape index (κ3) is 6.38. The molecule has 12 heteroatoms. The topological polar surface area (TPSA) is 140 Å². The average molecular weight is 846 g/mol. The molecule has 8 rings (SSSR count). The molecule has 4 saturated carbocycles. The third-order valence-electron chi connectivity index (χ3n) is 17.8. The van der Waals surface area contributed by atoms with Gasteiger partial charge in [-0.15, -0.1) is 0 Å². The Labute approximate surface area is 354 Å². The van der Waals surface area contributed by atoms with Crippen molar-refractivity contribution in [2.75, 3.05) is 31.1 Å². The van der Waals surface area contributed by atoms with E-state index in [-0.39, 0.29) is 57.9 Å². The number of benzene rings is 1. The molecule has 5 aliphatic carbocycles. The lowest BCUT2D eigenvalue weighted by Crippen LogP contribution is -2.66. The Hall–Kier alpha value is -1.76. The average Bonchev–Trinajstić information content (AvgIpc) is 3.16. The zero-order chi connectivity index (χ0) is 42.0. The fourth-order valence-corrected chi connectivity index (χ4v) is 14.9. The molecule has 2 aliphatic heterocycles. The first-order valence-electron chi connectivity index (χ1n) is 21.9. The number of anilines is 1. The Kier molecular flexibility index (Phi) is 10.9. The van der Waals surface area contributed by atoms with Gasteiger partial charge in [0.15, 0.2) is 18.3 Å². The normalized spacial score (nSPS) is 46.3. The van der Waals surface area contributed by atoms with Crippen LogP contribution >= 0.6 is 23.2 Å². The molecule has 1 amide bonds. The van der Waals surface area contributed by atoms with Crippen molar-refractivity contribution in [3.63, 3.8) is 0 Å². The highest BCUT2D eigenvalue weighted by Gasteiger charge is 2.69. The lowest BCUT2D eigenvalue weighted by molar-refractivity contribution is -0.321. The summed E-state index contributed by atoms with van der Waals surface area (Å²) in [7, 11) is 0. The Morgan fingerprint density at radius 2 is 1.59 bits per heavy atom. The summed E-state index contributed by atoms with van der Waals surface area (Å²) in [6.07, 6.45) is 3.55. The molecule has 4 N–H and O–H groups in total. The number of aliphatic hydroxyl groups is 4. The van der Waals surface area contributed by atoms with Gasteiger partial charge in [-0.2, -0.15) is 0 Å². The van der Waals surface area contributed by atoms with Crippen LogP contribution in [0.1, 0.15) is 113 Å². The Balaban J connectivity index is 1.11. The highest BCUT2D eigenvalue weighted by Crippen LogP contribution is 2.75. The molecule has 1 aromatic rings. The second kappa shape index (κ2) is 14.7. The van der Waals surface area contributed by atoms with Crippen molar-refractivity contribution in [3.8, 4) is 0 Å². The number of piperazine rings is 1. The molecule has 0 radical (unpaired) electrons. The summed E-state index contributed by atoms with van der Waals surface area (Å²) in [5.74, 6) is 0.773. The van der Waals surface area contributed by atoms with Gasteiger partial charge in [0, 0.05) is 24.4 Å². The van der Waals surface area contributed by atoms with Gasteiger partial charge in [0.2, 0.25) is 5.91 Å². The van der Waals surface area contributed by atoms with E-state index in [0.29, 0.717) is 46.8 Å². The van der Waals surface area contributed by atoms with Gasteiger partial charge in [0.25, 0.3) is 0 Å². The summed E-state index contributed by atoms with van der Waals surface area (Å²) in [6.45, 7) is 16.8. The van der Waals surface area contributed by atoms with E-state index in [0.717, 1.165) is 44.9 Å². The summed E-state index contributed by atoms with van der Waals surface area (Å²) in [4.78, 5) is 33.9. The summed E-state index contributed by atoms with van der Waals surface area (Å²) in [6, 6.07) is 5.27. The van der Waals surface area contributed by atoms with Crippen molar-refractivity contribution in [2.45, 2.75) is 150 Å².